The normalized spacial score (nSPS) is 10.0. The first-order valence-electron chi connectivity index (χ1n) is 9.70. The third kappa shape index (κ3) is 6.75. The van der Waals surface area contributed by atoms with E-state index in [1.165, 1.54) is 6.07 Å². The molecule has 7 nitrogen and oxygen atoms in total. The van der Waals surface area contributed by atoms with Crippen LogP contribution in [0.3, 0.4) is 0 Å². The molecule has 2 heterocycles. The van der Waals surface area contributed by atoms with Gasteiger partial charge in [0.25, 0.3) is 11.8 Å². The molecule has 0 aliphatic heterocycles. The molecule has 0 saturated heterocycles. The van der Waals surface area contributed by atoms with Crippen molar-refractivity contribution in [3.05, 3.63) is 100 Å². The molecule has 0 aliphatic rings. The molecule has 0 aliphatic carbocycles. The molecular formula is C23H18Cl3F2N5O2. The number of rotatable bonds is 6. The molecule has 0 saturated carbocycles. The van der Waals surface area contributed by atoms with Crippen molar-refractivity contribution < 1.29 is 18.4 Å². The molecule has 35 heavy (non-hydrogen) atoms. The van der Waals surface area contributed by atoms with Crippen LogP contribution in [0.25, 0.3) is 11.3 Å². The minimum absolute atomic E-state index is 0. The topological polar surface area (TPSA) is 99.8 Å². The Hall–Kier alpha value is -3.53. The first-order chi connectivity index (χ1) is 15.9. The molecule has 0 bridgehead atoms. The SMILES string of the molecule is Cl.Cl.O=C(NCc1ccc(-c2ccccc2)nc1)c1cc(NC(=O)c2cc(F)c(F)cc2Cl)n[nH]1. The van der Waals surface area contributed by atoms with E-state index in [9.17, 15) is 18.4 Å². The zero-order valence-corrected chi connectivity index (χ0v) is 20.1. The van der Waals surface area contributed by atoms with Crippen LogP contribution in [0.15, 0.2) is 66.9 Å². The molecule has 2 aromatic heterocycles. The number of hydrogen-bond donors (Lipinski definition) is 3. The number of halogens is 5. The maximum atomic E-state index is 13.4. The number of amides is 2. The standard InChI is InChI=1S/C23H16ClF2N5O2.2ClH/c24-16-9-18(26)17(25)8-15(16)22(32)29-21-10-20(30-31-21)23(33)28-12-13-6-7-19(27-11-13)14-4-2-1-3-5-14;;/h1-11H,12H2,(H,28,33)(H2,29,30,31,32);2*1H. The minimum Gasteiger partial charge on any atom is -0.347 e. The number of benzene rings is 2. The maximum Gasteiger partial charge on any atom is 0.269 e. The lowest BCUT2D eigenvalue weighted by Gasteiger charge is -2.05. The number of H-pyrrole nitrogens is 1. The van der Waals surface area contributed by atoms with Crippen LogP contribution in [0.4, 0.5) is 14.6 Å². The van der Waals surface area contributed by atoms with Gasteiger partial charge in [-0.15, -0.1) is 24.8 Å². The smallest absolute Gasteiger partial charge is 0.269 e. The molecule has 0 atom stereocenters. The Morgan fingerprint density at radius 3 is 2.34 bits per heavy atom. The van der Waals surface area contributed by atoms with E-state index in [2.05, 4.69) is 25.8 Å². The Morgan fingerprint density at radius 2 is 1.66 bits per heavy atom. The average molecular weight is 541 g/mol. The van der Waals surface area contributed by atoms with Gasteiger partial charge in [0.05, 0.1) is 16.3 Å². The Kier molecular flexibility index (Phi) is 9.70. The molecule has 2 aromatic carbocycles. The molecule has 0 radical (unpaired) electrons. The summed E-state index contributed by atoms with van der Waals surface area (Å²) in [7, 11) is 0. The minimum atomic E-state index is -1.21. The molecule has 4 aromatic rings. The van der Waals surface area contributed by atoms with Crippen LogP contribution in [0.1, 0.15) is 26.4 Å². The van der Waals surface area contributed by atoms with Gasteiger partial charge in [0.15, 0.2) is 17.5 Å². The van der Waals surface area contributed by atoms with E-state index in [0.29, 0.717) is 12.1 Å². The molecule has 4 rings (SSSR count). The second-order valence-corrected chi connectivity index (χ2v) is 7.37. The fourth-order valence-electron chi connectivity index (χ4n) is 2.97. The maximum absolute atomic E-state index is 13.4. The fourth-order valence-corrected chi connectivity index (χ4v) is 3.20. The van der Waals surface area contributed by atoms with Gasteiger partial charge < -0.3 is 10.6 Å². The van der Waals surface area contributed by atoms with Crippen LogP contribution in [0.2, 0.25) is 5.02 Å². The van der Waals surface area contributed by atoms with E-state index in [0.717, 1.165) is 16.8 Å². The third-order valence-corrected chi connectivity index (χ3v) is 4.98. The Labute approximate surface area is 216 Å². The number of pyridine rings is 1. The molecule has 3 N–H and O–H groups in total. The van der Waals surface area contributed by atoms with E-state index in [4.69, 9.17) is 11.6 Å². The molecule has 182 valence electrons. The van der Waals surface area contributed by atoms with Gasteiger partial charge >= 0.3 is 0 Å². The zero-order valence-electron chi connectivity index (χ0n) is 17.7. The van der Waals surface area contributed by atoms with Gasteiger partial charge in [0.2, 0.25) is 0 Å². The highest BCUT2D eigenvalue weighted by molar-refractivity contribution is 6.34. The number of anilines is 1. The van der Waals surface area contributed by atoms with Crippen molar-refractivity contribution in [1.29, 1.82) is 0 Å². The number of aromatic amines is 1. The van der Waals surface area contributed by atoms with Crippen molar-refractivity contribution >= 4 is 54.0 Å². The predicted molar refractivity (Wildman–Crippen MR) is 133 cm³/mol. The molecule has 2 amide bonds. The number of carbonyl (C=O) groups is 2. The van der Waals surface area contributed by atoms with Crippen molar-refractivity contribution in [3.63, 3.8) is 0 Å². The zero-order chi connectivity index (χ0) is 23.4. The second kappa shape index (κ2) is 12.3. The summed E-state index contributed by atoms with van der Waals surface area (Å²) >= 11 is 5.80. The van der Waals surface area contributed by atoms with Crippen molar-refractivity contribution in [2.45, 2.75) is 6.54 Å². The summed E-state index contributed by atoms with van der Waals surface area (Å²) < 4.78 is 26.6. The van der Waals surface area contributed by atoms with Gasteiger partial charge in [0, 0.05) is 24.4 Å². The lowest BCUT2D eigenvalue weighted by atomic mass is 10.1. The first-order valence-corrected chi connectivity index (χ1v) is 10.1. The summed E-state index contributed by atoms with van der Waals surface area (Å²) in [5, 5.41) is 11.2. The number of aromatic nitrogens is 3. The second-order valence-electron chi connectivity index (χ2n) is 6.97. The molecule has 0 spiro atoms. The van der Waals surface area contributed by atoms with Crippen molar-refractivity contribution in [2.24, 2.45) is 0 Å². The average Bonchev–Trinajstić information content (AvgIpc) is 3.29. The predicted octanol–water partition coefficient (Wildman–Crippen LogP) is 5.43. The summed E-state index contributed by atoms with van der Waals surface area (Å²) in [6, 6.07) is 16.1. The van der Waals surface area contributed by atoms with Gasteiger partial charge in [-0.2, -0.15) is 5.10 Å². The van der Waals surface area contributed by atoms with E-state index in [-0.39, 0.29) is 53.5 Å². The molecular weight excluding hydrogens is 523 g/mol. The molecule has 12 heteroatoms. The van der Waals surface area contributed by atoms with Gasteiger partial charge in [-0.25, -0.2) is 8.78 Å². The lowest BCUT2D eigenvalue weighted by Crippen LogP contribution is -2.23. The van der Waals surface area contributed by atoms with Crippen LogP contribution >= 0.6 is 36.4 Å². The summed E-state index contributed by atoms with van der Waals surface area (Å²) in [5.41, 5.74) is 2.43. The highest BCUT2D eigenvalue weighted by atomic mass is 35.5. The van der Waals surface area contributed by atoms with Gasteiger partial charge in [0.1, 0.15) is 5.69 Å². The van der Waals surface area contributed by atoms with Crippen LogP contribution in [-0.2, 0) is 6.54 Å². The summed E-state index contributed by atoms with van der Waals surface area (Å²) in [4.78, 5) is 29.1. The lowest BCUT2D eigenvalue weighted by molar-refractivity contribution is 0.0945. The van der Waals surface area contributed by atoms with Crippen LogP contribution < -0.4 is 10.6 Å². The number of nitrogens with one attached hydrogen (secondary N) is 3. The monoisotopic (exact) mass is 539 g/mol. The van der Waals surface area contributed by atoms with Gasteiger partial charge in [-0.3, -0.25) is 19.7 Å². The van der Waals surface area contributed by atoms with Crippen molar-refractivity contribution in [3.8, 4) is 11.3 Å². The summed E-state index contributed by atoms with van der Waals surface area (Å²) in [5.74, 6) is -3.62. The Bertz CT molecular complexity index is 1320. The summed E-state index contributed by atoms with van der Waals surface area (Å²) in [6.07, 6.45) is 1.67. The molecule has 0 fully saturated rings. The van der Waals surface area contributed by atoms with Crippen molar-refractivity contribution in [2.75, 3.05) is 5.32 Å². The largest absolute Gasteiger partial charge is 0.347 e. The van der Waals surface area contributed by atoms with E-state index >= 15 is 0 Å². The number of hydrogen-bond acceptors (Lipinski definition) is 4. The van der Waals surface area contributed by atoms with Gasteiger partial charge in [-0.1, -0.05) is 48.0 Å². The van der Waals surface area contributed by atoms with Crippen LogP contribution in [0.5, 0.6) is 0 Å². The highest BCUT2D eigenvalue weighted by Crippen LogP contribution is 2.21. The quantitative estimate of drug-likeness (QED) is 0.284. The van der Waals surface area contributed by atoms with Crippen molar-refractivity contribution in [1.82, 2.24) is 20.5 Å². The fraction of sp³-hybridized carbons (Fsp3) is 0.0435. The number of carbonyl (C=O) groups excluding carboxylic acids is 2. The highest BCUT2D eigenvalue weighted by Gasteiger charge is 2.17. The Balaban J connectivity index is 0.00000216. The van der Waals surface area contributed by atoms with E-state index in [1.807, 2.05) is 42.5 Å². The van der Waals surface area contributed by atoms with Crippen LogP contribution in [-0.4, -0.2) is 27.0 Å². The van der Waals surface area contributed by atoms with Crippen LogP contribution in [0, 0.1) is 11.6 Å². The summed E-state index contributed by atoms with van der Waals surface area (Å²) in [6.45, 7) is 0.228. The van der Waals surface area contributed by atoms with E-state index in [1.54, 1.807) is 6.20 Å². The Morgan fingerprint density at radius 1 is 0.943 bits per heavy atom. The first kappa shape index (κ1) is 27.7. The van der Waals surface area contributed by atoms with E-state index < -0.39 is 23.4 Å². The molecule has 0 unspecified atom stereocenters. The van der Waals surface area contributed by atoms with Gasteiger partial charge in [-0.05, 0) is 23.8 Å². The number of nitrogens with zero attached hydrogens (tertiary/aromatic N) is 2. The third-order valence-electron chi connectivity index (χ3n) is 4.67.